The lowest BCUT2D eigenvalue weighted by molar-refractivity contribution is -0.00558. The molecule has 1 N–H and O–H groups in total. The number of hydrogen-bond donors (Lipinski definition) is 1. The molecule has 1 fully saturated rings. The molecule has 106 valence electrons. The lowest BCUT2D eigenvalue weighted by atomic mass is 9.97. The van der Waals surface area contributed by atoms with Crippen LogP contribution in [0.25, 0.3) is 0 Å². The highest BCUT2D eigenvalue weighted by molar-refractivity contribution is 5.69. The summed E-state index contributed by atoms with van der Waals surface area (Å²) in [6.45, 7) is 11.5. The molecule has 0 aliphatic carbocycles. The Balaban J connectivity index is 2.89. The van der Waals surface area contributed by atoms with E-state index in [4.69, 9.17) is 4.74 Å². The lowest BCUT2D eigenvalue weighted by Crippen LogP contribution is -2.49. The number of aliphatic hydroxyl groups is 1. The maximum atomic E-state index is 12.3. The van der Waals surface area contributed by atoms with E-state index >= 15 is 0 Å². The van der Waals surface area contributed by atoms with Crippen LogP contribution in [0.5, 0.6) is 0 Å². The molecule has 4 unspecified atom stereocenters. The van der Waals surface area contributed by atoms with Crippen molar-refractivity contribution in [3.8, 4) is 0 Å². The van der Waals surface area contributed by atoms with Crippen LogP contribution in [-0.4, -0.2) is 39.9 Å². The highest BCUT2D eigenvalue weighted by Crippen LogP contribution is 2.34. The van der Waals surface area contributed by atoms with Gasteiger partial charge in [0.15, 0.2) is 0 Å². The predicted octanol–water partition coefficient (Wildman–Crippen LogP) is 2.79. The molecule has 1 aliphatic heterocycles. The van der Waals surface area contributed by atoms with Crippen molar-refractivity contribution >= 4 is 6.09 Å². The van der Waals surface area contributed by atoms with Crippen LogP contribution in [0.1, 0.15) is 54.4 Å². The molecule has 0 aromatic carbocycles. The third kappa shape index (κ3) is 3.37. The largest absolute Gasteiger partial charge is 0.444 e. The monoisotopic (exact) mass is 257 g/mol. The number of amides is 1. The summed E-state index contributed by atoms with van der Waals surface area (Å²) >= 11 is 0. The smallest absolute Gasteiger partial charge is 0.410 e. The van der Waals surface area contributed by atoms with Gasteiger partial charge in [0.2, 0.25) is 0 Å². The summed E-state index contributed by atoms with van der Waals surface area (Å²) in [6.07, 6.45) is 1.01. The van der Waals surface area contributed by atoms with Gasteiger partial charge in [0, 0.05) is 6.04 Å². The summed E-state index contributed by atoms with van der Waals surface area (Å²) in [5.74, 6) is 0.308. The Morgan fingerprint density at radius 1 is 1.50 bits per heavy atom. The molecule has 0 saturated carbocycles. The minimum absolute atomic E-state index is 0.134. The van der Waals surface area contributed by atoms with E-state index in [0.717, 1.165) is 12.8 Å². The summed E-state index contributed by atoms with van der Waals surface area (Å²) in [6, 6.07) is 0.0410. The van der Waals surface area contributed by atoms with Gasteiger partial charge in [-0.15, -0.1) is 0 Å². The van der Waals surface area contributed by atoms with Crippen LogP contribution in [-0.2, 0) is 4.74 Å². The first-order valence-electron chi connectivity index (χ1n) is 6.86. The van der Waals surface area contributed by atoms with Crippen molar-refractivity contribution < 1.29 is 14.6 Å². The number of rotatable bonds is 2. The van der Waals surface area contributed by atoms with Crippen molar-refractivity contribution in [2.45, 2.75) is 78.2 Å². The van der Waals surface area contributed by atoms with Gasteiger partial charge < -0.3 is 9.84 Å². The summed E-state index contributed by atoms with van der Waals surface area (Å²) < 4.78 is 5.46. The van der Waals surface area contributed by atoms with E-state index < -0.39 is 11.7 Å². The maximum Gasteiger partial charge on any atom is 0.410 e. The molecule has 1 heterocycles. The van der Waals surface area contributed by atoms with Crippen molar-refractivity contribution in [2.24, 2.45) is 5.92 Å². The zero-order valence-electron chi connectivity index (χ0n) is 12.4. The second-order valence-corrected chi connectivity index (χ2v) is 6.39. The van der Waals surface area contributed by atoms with Gasteiger partial charge >= 0.3 is 6.09 Å². The van der Waals surface area contributed by atoms with E-state index in [9.17, 15) is 9.90 Å². The number of ether oxygens (including phenoxy) is 1. The highest BCUT2D eigenvalue weighted by atomic mass is 16.6. The van der Waals surface area contributed by atoms with Crippen LogP contribution in [0.3, 0.4) is 0 Å². The summed E-state index contributed by atoms with van der Waals surface area (Å²) in [4.78, 5) is 14.0. The molecule has 0 radical (unpaired) electrons. The first-order valence-corrected chi connectivity index (χ1v) is 6.86. The Bertz CT molecular complexity index is 296. The van der Waals surface area contributed by atoms with Gasteiger partial charge in [-0.05, 0) is 46.5 Å². The molecular weight excluding hydrogens is 230 g/mol. The van der Waals surface area contributed by atoms with Crippen molar-refractivity contribution in [2.75, 3.05) is 0 Å². The molecule has 18 heavy (non-hydrogen) atoms. The van der Waals surface area contributed by atoms with Crippen molar-refractivity contribution in [3.63, 3.8) is 0 Å². The van der Waals surface area contributed by atoms with Gasteiger partial charge in [-0.3, -0.25) is 4.90 Å². The molecule has 4 nitrogen and oxygen atoms in total. The Labute approximate surface area is 110 Å². The second kappa shape index (κ2) is 5.47. The van der Waals surface area contributed by atoms with E-state index in [1.54, 1.807) is 11.8 Å². The van der Waals surface area contributed by atoms with Gasteiger partial charge in [-0.1, -0.05) is 13.8 Å². The van der Waals surface area contributed by atoms with Gasteiger partial charge in [0.1, 0.15) is 5.60 Å². The van der Waals surface area contributed by atoms with Crippen molar-refractivity contribution in [1.29, 1.82) is 0 Å². The zero-order valence-corrected chi connectivity index (χ0v) is 12.4. The van der Waals surface area contributed by atoms with Crippen LogP contribution >= 0.6 is 0 Å². The molecule has 0 bridgehead atoms. The number of likely N-dealkylation sites (tertiary alicyclic amines) is 1. The fraction of sp³-hybridized carbons (Fsp3) is 0.929. The molecular formula is C14H27NO3. The molecule has 1 amide bonds. The van der Waals surface area contributed by atoms with Gasteiger partial charge in [-0.25, -0.2) is 4.79 Å². The van der Waals surface area contributed by atoms with E-state index in [1.807, 2.05) is 20.8 Å². The first kappa shape index (κ1) is 15.3. The Morgan fingerprint density at radius 3 is 2.44 bits per heavy atom. The summed E-state index contributed by atoms with van der Waals surface area (Å²) in [7, 11) is 0. The summed E-state index contributed by atoms with van der Waals surface area (Å²) in [5, 5.41) is 9.90. The fourth-order valence-corrected chi connectivity index (χ4v) is 2.86. The Kier molecular flexibility index (Phi) is 4.65. The number of aliphatic hydroxyl groups excluding tert-OH is 1. The topological polar surface area (TPSA) is 49.8 Å². The third-order valence-corrected chi connectivity index (χ3v) is 3.51. The van der Waals surface area contributed by atoms with E-state index in [0.29, 0.717) is 5.92 Å². The lowest BCUT2D eigenvalue weighted by Gasteiger charge is -2.34. The highest BCUT2D eigenvalue weighted by Gasteiger charge is 2.44. The zero-order chi connectivity index (χ0) is 14.1. The Morgan fingerprint density at radius 2 is 2.06 bits per heavy atom. The first-order chi connectivity index (χ1) is 8.17. The molecule has 0 aromatic heterocycles. The molecule has 1 aliphatic rings. The number of nitrogens with zero attached hydrogens (tertiary/aromatic N) is 1. The van der Waals surface area contributed by atoms with E-state index in [1.165, 1.54) is 0 Å². The number of carbonyl (C=O) groups is 1. The minimum Gasteiger partial charge on any atom is -0.444 e. The van der Waals surface area contributed by atoms with Crippen molar-refractivity contribution in [1.82, 2.24) is 4.90 Å². The average molecular weight is 257 g/mol. The fourth-order valence-electron chi connectivity index (χ4n) is 2.86. The minimum atomic E-state index is -0.524. The number of hydrogen-bond acceptors (Lipinski definition) is 3. The molecule has 4 heteroatoms. The third-order valence-electron chi connectivity index (χ3n) is 3.51. The molecule has 1 saturated heterocycles. The molecule has 1 rings (SSSR count). The van der Waals surface area contributed by atoms with E-state index in [2.05, 4.69) is 13.8 Å². The molecule has 4 atom stereocenters. The van der Waals surface area contributed by atoms with Gasteiger partial charge in [-0.2, -0.15) is 0 Å². The van der Waals surface area contributed by atoms with Crippen LogP contribution in [0.4, 0.5) is 4.79 Å². The normalized spacial score (nSPS) is 30.4. The van der Waals surface area contributed by atoms with E-state index in [-0.39, 0.29) is 18.2 Å². The predicted molar refractivity (Wildman–Crippen MR) is 71.4 cm³/mol. The standard InChI is InChI=1S/C14H27NO3/c1-7-11-8-9(2)12(10(3)16)15(11)13(17)18-14(4,5)6/h9-12,16H,7-8H2,1-6H3. The summed E-state index contributed by atoms with van der Waals surface area (Å²) in [5.41, 5.74) is -0.496. The van der Waals surface area contributed by atoms with Crippen molar-refractivity contribution in [3.05, 3.63) is 0 Å². The van der Waals surface area contributed by atoms with Crippen LogP contribution in [0.2, 0.25) is 0 Å². The maximum absolute atomic E-state index is 12.3. The van der Waals surface area contributed by atoms with Gasteiger partial charge in [0.25, 0.3) is 0 Å². The van der Waals surface area contributed by atoms with Crippen LogP contribution in [0.15, 0.2) is 0 Å². The molecule has 0 spiro atoms. The average Bonchev–Trinajstić information content (AvgIpc) is 2.52. The van der Waals surface area contributed by atoms with Crippen LogP contribution < -0.4 is 0 Å². The molecule has 0 aromatic rings. The second-order valence-electron chi connectivity index (χ2n) is 6.39. The van der Waals surface area contributed by atoms with Gasteiger partial charge in [0.05, 0.1) is 12.1 Å². The Hall–Kier alpha value is -0.770. The number of carbonyl (C=O) groups excluding carboxylic acids is 1. The SMILES string of the molecule is CCC1CC(C)C(C(C)O)N1C(=O)OC(C)(C)C. The quantitative estimate of drug-likeness (QED) is 0.827. The van der Waals surface area contributed by atoms with Crippen LogP contribution in [0, 0.1) is 5.92 Å².